The average Bonchev–Trinajstić information content (AvgIpc) is 2.77. The second kappa shape index (κ2) is 6.38. The number of imide groups is 1. The molecule has 1 aliphatic heterocycles. The lowest BCUT2D eigenvalue weighted by Crippen LogP contribution is -2.30. The number of benzene rings is 2. The van der Waals surface area contributed by atoms with Crippen LogP contribution >= 0.6 is 34.2 Å². The Morgan fingerprint density at radius 1 is 1.05 bits per heavy atom. The molecule has 0 aromatic heterocycles. The molecule has 112 valence electrons. The number of halogens is 2. The summed E-state index contributed by atoms with van der Waals surface area (Å²) in [5.74, 6) is -0.556. The third kappa shape index (κ3) is 3.17. The van der Waals surface area contributed by atoms with E-state index in [0.717, 1.165) is 9.13 Å². The molecule has 2 aromatic carbocycles. The molecule has 0 radical (unpaired) electrons. The molecule has 1 atom stereocenters. The second-order valence-electron chi connectivity index (χ2n) is 5.28. The van der Waals surface area contributed by atoms with Crippen LogP contribution < -0.4 is 4.90 Å². The fraction of sp³-hybridized carbons (Fsp3) is 0.176. The third-order valence-corrected chi connectivity index (χ3v) is 4.69. The number of amides is 2. The molecule has 0 spiro atoms. The minimum atomic E-state index is -0.298. The van der Waals surface area contributed by atoms with Crippen LogP contribution in [0.1, 0.15) is 12.0 Å². The number of anilines is 1. The normalized spacial score (nSPS) is 18.1. The van der Waals surface area contributed by atoms with Crippen molar-refractivity contribution in [2.24, 2.45) is 5.92 Å². The monoisotopic (exact) mass is 425 g/mol. The molecular formula is C17H13ClINO2. The zero-order valence-corrected chi connectivity index (χ0v) is 14.5. The molecule has 1 fully saturated rings. The van der Waals surface area contributed by atoms with Crippen molar-refractivity contribution in [1.82, 2.24) is 0 Å². The van der Waals surface area contributed by atoms with E-state index in [1.807, 2.05) is 36.4 Å². The molecular weight excluding hydrogens is 413 g/mol. The molecule has 1 heterocycles. The van der Waals surface area contributed by atoms with Gasteiger partial charge in [0.1, 0.15) is 0 Å². The Kier molecular flexibility index (Phi) is 4.49. The van der Waals surface area contributed by atoms with E-state index in [2.05, 4.69) is 22.6 Å². The van der Waals surface area contributed by atoms with Crippen molar-refractivity contribution >= 4 is 51.7 Å². The van der Waals surface area contributed by atoms with Crippen molar-refractivity contribution in [1.29, 1.82) is 0 Å². The predicted molar refractivity (Wildman–Crippen MR) is 94.9 cm³/mol. The van der Waals surface area contributed by atoms with Gasteiger partial charge < -0.3 is 0 Å². The smallest absolute Gasteiger partial charge is 0.237 e. The fourth-order valence-corrected chi connectivity index (χ4v) is 3.11. The van der Waals surface area contributed by atoms with Crippen molar-refractivity contribution < 1.29 is 9.59 Å². The quantitative estimate of drug-likeness (QED) is 0.549. The van der Waals surface area contributed by atoms with E-state index >= 15 is 0 Å². The molecule has 1 aliphatic rings. The molecule has 1 saturated heterocycles. The minimum absolute atomic E-state index is 0.124. The van der Waals surface area contributed by atoms with Gasteiger partial charge in [-0.15, -0.1) is 0 Å². The van der Waals surface area contributed by atoms with Crippen LogP contribution in [-0.4, -0.2) is 11.8 Å². The molecule has 0 N–H and O–H groups in total. The number of nitrogens with zero attached hydrogens (tertiary/aromatic N) is 1. The Bertz CT molecular complexity index is 712. The van der Waals surface area contributed by atoms with E-state index in [-0.39, 0.29) is 24.2 Å². The zero-order valence-electron chi connectivity index (χ0n) is 11.6. The van der Waals surface area contributed by atoms with Crippen LogP contribution in [0.3, 0.4) is 0 Å². The molecule has 1 unspecified atom stereocenters. The zero-order chi connectivity index (χ0) is 15.7. The molecule has 22 heavy (non-hydrogen) atoms. The van der Waals surface area contributed by atoms with Crippen LogP contribution in [-0.2, 0) is 16.0 Å². The van der Waals surface area contributed by atoms with E-state index in [9.17, 15) is 9.59 Å². The second-order valence-corrected chi connectivity index (χ2v) is 6.96. The first kappa shape index (κ1) is 15.5. The Morgan fingerprint density at radius 2 is 1.68 bits per heavy atom. The van der Waals surface area contributed by atoms with Gasteiger partial charge in [0, 0.05) is 15.0 Å². The fourth-order valence-electron chi connectivity index (χ4n) is 2.62. The predicted octanol–water partition coefficient (Wildman–Crippen LogP) is 4.07. The summed E-state index contributed by atoms with van der Waals surface area (Å²) >= 11 is 8.06. The van der Waals surface area contributed by atoms with Crippen molar-refractivity contribution in [2.75, 3.05) is 4.90 Å². The highest BCUT2D eigenvalue weighted by Crippen LogP contribution is 2.29. The van der Waals surface area contributed by atoms with E-state index in [1.165, 1.54) is 4.90 Å². The van der Waals surface area contributed by atoms with E-state index in [0.29, 0.717) is 17.1 Å². The largest absolute Gasteiger partial charge is 0.274 e. The van der Waals surface area contributed by atoms with Crippen molar-refractivity contribution in [2.45, 2.75) is 12.8 Å². The van der Waals surface area contributed by atoms with Crippen molar-refractivity contribution in [3.8, 4) is 0 Å². The van der Waals surface area contributed by atoms with Gasteiger partial charge in [0.05, 0.1) is 11.6 Å². The molecule has 0 saturated carbocycles. The number of carbonyl (C=O) groups is 2. The molecule has 3 rings (SSSR count). The van der Waals surface area contributed by atoms with Crippen LogP contribution in [0.4, 0.5) is 5.69 Å². The Labute approximate surface area is 147 Å². The van der Waals surface area contributed by atoms with Gasteiger partial charge in [-0.1, -0.05) is 23.7 Å². The summed E-state index contributed by atoms with van der Waals surface area (Å²) in [6.07, 6.45) is 0.816. The van der Waals surface area contributed by atoms with Gasteiger partial charge in [0.25, 0.3) is 0 Å². The van der Waals surface area contributed by atoms with Gasteiger partial charge in [-0.25, -0.2) is 0 Å². The lowest BCUT2D eigenvalue weighted by molar-refractivity contribution is -0.122. The number of carbonyl (C=O) groups excluding carboxylic acids is 2. The van der Waals surface area contributed by atoms with E-state index < -0.39 is 0 Å². The first-order chi connectivity index (χ1) is 10.5. The molecule has 0 bridgehead atoms. The summed E-state index contributed by atoms with van der Waals surface area (Å²) in [7, 11) is 0. The van der Waals surface area contributed by atoms with Gasteiger partial charge in [-0.05, 0) is 71.0 Å². The standard InChI is InChI=1S/C17H13ClINO2/c18-13-3-1-11(2-4-13)9-12-10-16(21)20(17(12)22)15-7-5-14(19)6-8-15/h1-8,12H,9-10H2. The van der Waals surface area contributed by atoms with Gasteiger partial charge in [-0.2, -0.15) is 0 Å². The number of hydrogen-bond acceptors (Lipinski definition) is 2. The van der Waals surface area contributed by atoms with E-state index in [4.69, 9.17) is 11.6 Å². The van der Waals surface area contributed by atoms with Gasteiger partial charge in [0.2, 0.25) is 11.8 Å². The third-order valence-electron chi connectivity index (χ3n) is 3.72. The first-order valence-corrected chi connectivity index (χ1v) is 8.37. The number of rotatable bonds is 3. The van der Waals surface area contributed by atoms with Crippen LogP contribution in [0, 0.1) is 9.49 Å². The first-order valence-electron chi connectivity index (χ1n) is 6.91. The lowest BCUT2D eigenvalue weighted by Gasteiger charge is -2.15. The molecule has 2 amide bonds. The lowest BCUT2D eigenvalue weighted by atomic mass is 9.98. The van der Waals surface area contributed by atoms with Crippen LogP contribution in [0.2, 0.25) is 5.02 Å². The topological polar surface area (TPSA) is 37.4 Å². The highest BCUT2D eigenvalue weighted by atomic mass is 127. The summed E-state index contributed by atoms with van der Waals surface area (Å²) < 4.78 is 1.07. The van der Waals surface area contributed by atoms with Crippen LogP contribution in [0.25, 0.3) is 0 Å². The Hall–Kier alpha value is -1.40. The summed E-state index contributed by atoms with van der Waals surface area (Å²) in [6.45, 7) is 0. The van der Waals surface area contributed by atoms with Gasteiger partial charge in [-0.3, -0.25) is 14.5 Å². The Morgan fingerprint density at radius 3 is 2.32 bits per heavy atom. The maximum atomic E-state index is 12.5. The Balaban J connectivity index is 1.79. The van der Waals surface area contributed by atoms with Crippen LogP contribution in [0.5, 0.6) is 0 Å². The minimum Gasteiger partial charge on any atom is -0.274 e. The highest BCUT2D eigenvalue weighted by Gasteiger charge is 2.39. The van der Waals surface area contributed by atoms with Crippen molar-refractivity contribution in [3.63, 3.8) is 0 Å². The maximum Gasteiger partial charge on any atom is 0.237 e. The summed E-state index contributed by atoms with van der Waals surface area (Å²) in [6, 6.07) is 14.8. The molecule has 5 heteroatoms. The molecule has 2 aromatic rings. The van der Waals surface area contributed by atoms with Crippen LogP contribution in [0.15, 0.2) is 48.5 Å². The van der Waals surface area contributed by atoms with Gasteiger partial charge >= 0.3 is 0 Å². The summed E-state index contributed by atoms with van der Waals surface area (Å²) in [4.78, 5) is 26.1. The van der Waals surface area contributed by atoms with E-state index in [1.54, 1.807) is 12.1 Å². The maximum absolute atomic E-state index is 12.5. The molecule has 0 aliphatic carbocycles. The number of hydrogen-bond donors (Lipinski definition) is 0. The van der Waals surface area contributed by atoms with Crippen molar-refractivity contribution in [3.05, 3.63) is 62.7 Å². The highest BCUT2D eigenvalue weighted by molar-refractivity contribution is 14.1. The summed E-state index contributed by atoms with van der Waals surface area (Å²) in [5.41, 5.74) is 1.66. The summed E-state index contributed by atoms with van der Waals surface area (Å²) in [5, 5.41) is 0.665. The van der Waals surface area contributed by atoms with Gasteiger partial charge in [0.15, 0.2) is 0 Å². The SMILES string of the molecule is O=C1CC(Cc2ccc(Cl)cc2)C(=O)N1c1ccc(I)cc1. The average molecular weight is 426 g/mol. The molecule has 3 nitrogen and oxygen atoms in total.